The van der Waals surface area contributed by atoms with E-state index in [2.05, 4.69) is 34.1 Å². The van der Waals surface area contributed by atoms with E-state index in [0.717, 1.165) is 38.8 Å². The normalized spacial score (nSPS) is 31.7. The van der Waals surface area contributed by atoms with E-state index < -0.39 is 0 Å². The second-order valence-corrected chi connectivity index (χ2v) is 7.62. The summed E-state index contributed by atoms with van der Waals surface area (Å²) in [5, 5.41) is 0. The third-order valence-electron chi connectivity index (χ3n) is 6.35. The fourth-order valence-corrected chi connectivity index (χ4v) is 5.19. The van der Waals surface area contributed by atoms with Crippen molar-refractivity contribution in [2.75, 3.05) is 13.1 Å². The molecule has 0 spiro atoms. The number of likely N-dealkylation sites (tertiary alicyclic amines) is 1. The number of ether oxygens (including phenoxy) is 1. The Hall–Kier alpha value is -1.55. The largest absolute Gasteiger partial charge is 0.442 e. The van der Waals surface area contributed by atoms with Crippen molar-refractivity contribution in [1.29, 1.82) is 0 Å². The van der Waals surface area contributed by atoms with Crippen molar-refractivity contribution >= 4 is 6.09 Å². The van der Waals surface area contributed by atoms with Gasteiger partial charge in [0.25, 0.3) is 0 Å². The molecular weight excluding hydrogens is 288 g/mol. The highest BCUT2D eigenvalue weighted by Gasteiger charge is 2.51. The van der Waals surface area contributed by atoms with Gasteiger partial charge in [-0.2, -0.15) is 0 Å². The molecule has 0 radical (unpaired) electrons. The zero-order valence-electron chi connectivity index (χ0n) is 13.5. The number of amides is 1. The van der Waals surface area contributed by atoms with Crippen LogP contribution >= 0.6 is 0 Å². The molecule has 2 heterocycles. The van der Waals surface area contributed by atoms with Gasteiger partial charge in [-0.1, -0.05) is 37.1 Å². The SMILES string of the molecule is O=C1O[C@H]2CN(C3Cc4ccccc4C3)C[C@H]2N1C1CCCC1. The summed E-state index contributed by atoms with van der Waals surface area (Å²) in [6.45, 7) is 1.91. The lowest BCUT2D eigenvalue weighted by Crippen LogP contribution is -2.45. The molecule has 4 heteroatoms. The summed E-state index contributed by atoms with van der Waals surface area (Å²) in [6, 6.07) is 10.1. The Labute approximate surface area is 137 Å². The first-order valence-electron chi connectivity index (χ1n) is 9.09. The minimum Gasteiger partial charge on any atom is -0.442 e. The van der Waals surface area contributed by atoms with Gasteiger partial charge < -0.3 is 4.74 Å². The van der Waals surface area contributed by atoms with E-state index in [-0.39, 0.29) is 18.2 Å². The Balaban J connectivity index is 1.31. The van der Waals surface area contributed by atoms with Gasteiger partial charge in [-0.15, -0.1) is 0 Å². The molecule has 1 amide bonds. The summed E-state index contributed by atoms with van der Waals surface area (Å²) >= 11 is 0. The lowest BCUT2D eigenvalue weighted by molar-refractivity contribution is 0.106. The molecule has 2 saturated heterocycles. The average Bonchev–Trinajstić information content (AvgIpc) is 3.28. The number of carbonyl (C=O) groups is 1. The number of hydrogen-bond donors (Lipinski definition) is 0. The van der Waals surface area contributed by atoms with Crippen LogP contribution in [-0.4, -0.2) is 53.2 Å². The van der Waals surface area contributed by atoms with E-state index in [0.29, 0.717) is 12.1 Å². The van der Waals surface area contributed by atoms with Crippen LogP contribution in [0.5, 0.6) is 0 Å². The van der Waals surface area contributed by atoms with Crippen LogP contribution in [0.4, 0.5) is 4.79 Å². The summed E-state index contributed by atoms with van der Waals surface area (Å²) in [6.07, 6.45) is 7.16. The maximum Gasteiger partial charge on any atom is 0.410 e. The van der Waals surface area contributed by atoms with Gasteiger partial charge in [-0.3, -0.25) is 9.80 Å². The monoisotopic (exact) mass is 312 g/mol. The number of fused-ring (bicyclic) bond motifs is 2. The maximum absolute atomic E-state index is 12.3. The van der Waals surface area contributed by atoms with Gasteiger partial charge in [0.2, 0.25) is 0 Å². The third-order valence-corrected chi connectivity index (χ3v) is 6.35. The fraction of sp³-hybridized carbons (Fsp3) is 0.632. The highest BCUT2D eigenvalue weighted by Crippen LogP contribution is 2.36. The number of rotatable bonds is 2. The van der Waals surface area contributed by atoms with Crippen molar-refractivity contribution in [2.45, 2.75) is 62.8 Å². The van der Waals surface area contributed by atoms with Gasteiger partial charge in [-0.05, 0) is 36.8 Å². The average molecular weight is 312 g/mol. The molecule has 1 saturated carbocycles. The minimum absolute atomic E-state index is 0.0544. The van der Waals surface area contributed by atoms with E-state index in [1.165, 1.54) is 24.0 Å². The van der Waals surface area contributed by atoms with Crippen LogP contribution in [-0.2, 0) is 17.6 Å². The molecule has 5 rings (SSSR count). The highest BCUT2D eigenvalue weighted by molar-refractivity contribution is 5.71. The molecular formula is C19H24N2O2. The first-order valence-corrected chi connectivity index (χ1v) is 9.09. The molecule has 2 atom stereocenters. The van der Waals surface area contributed by atoms with Gasteiger partial charge in [0.15, 0.2) is 0 Å². The van der Waals surface area contributed by atoms with E-state index in [1.54, 1.807) is 0 Å². The number of carbonyl (C=O) groups excluding carboxylic acids is 1. The Bertz CT molecular complexity index is 601. The lowest BCUT2D eigenvalue weighted by atomic mass is 10.1. The van der Waals surface area contributed by atoms with Crippen LogP contribution in [0, 0.1) is 0 Å². The zero-order chi connectivity index (χ0) is 15.4. The van der Waals surface area contributed by atoms with Crippen LogP contribution in [0.1, 0.15) is 36.8 Å². The molecule has 3 fully saturated rings. The van der Waals surface area contributed by atoms with E-state index in [9.17, 15) is 4.79 Å². The van der Waals surface area contributed by atoms with Gasteiger partial charge in [0, 0.05) is 25.2 Å². The van der Waals surface area contributed by atoms with Crippen LogP contribution in [0.2, 0.25) is 0 Å². The van der Waals surface area contributed by atoms with Crippen molar-refractivity contribution in [2.24, 2.45) is 0 Å². The molecule has 122 valence electrons. The van der Waals surface area contributed by atoms with Gasteiger partial charge in [0.1, 0.15) is 6.10 Å². The molecule has 1 aromatic carbocycles. The molecule has 4 aliphatic rings. The molecule has 0 aromatic heterocycles. The number of benzene rings is 1. The second-order valence-electron chi connectivity index (χ2n) is 7.62. The molecule has 4 nitrogen and oxygen atoms in total. The van der Waals surface area contributed by atoms with Crippen LogP contribution in [0.3, 0.4) is 0 Å². The Morgan fingerprint density at radius 2 is 1.65 bits per heavy atom. The number of hydrogen-bond acceptors (Lipinski definition) is 3. The fourth-order valence-electron chi connectivity index (χ4n) is 5.19. The predicted octanol–water partition coefficient (Wildman–Crippen LogP) is 2.60. The molecule has 2 aliphatic carbocycles. The predicted molar refractivity (Wildman–Crippen MR) is 87.4 cm³/mol. The van der Waals surface area contributed by atoms with Crippen LogP contribution in [0.25, 0.3) is 0 Å². The number of nitrogens with zero attached hydrogens (tertiary/aromatic N) is 2. The van der Waals surface area contributed by atoms with Crippen LogP contribution in [0.15, 0.2) is 24.3 Å². The van der Waals surface area contributed by atoms with Crippen molar-refractivity contribution in [3.05, 3.63) is 35.4 Å². The third kappa shape index (κ3) is 2.18. The summed E-state index contributed by atoms with van der Waals surface area (Å²) in [7, 11) is 0. The summed E-state index contributed by atoms with van der Waals surface area (Å²) in [4.78, 5) is 16.9. The summed E-state index contributed by atoms with van der Waals surface area (Å²) < 4.78 is 5.72. The zero-order valence-corrected chi connectivity index (χ0v) is 13.5. The maximum atomic E-state index is 12.3. The smallest absolute Gasteiger partial charge is 0.410 e. The molecule has 23 heavy (non-hydrogen) atoms. The van der Waals surface area contributed by atoms with Gasteiger partial charge >= 0.3 is 6.09 Å². The Kier molecular flexibility index (Phi) is 3.15. The quantitative estimate of drug-likeness (QED) is 0.841. The van der Waals surface area contributed by atoms with Gasteiger partial charge in [-0.25, -0.2) is 4.79 Å². The summed E-state index contributed by atoms with van der Waals surface area (Å²) in [5.74, 6) is 0. The van der Waals surface area contributed by atoms with Gasteiger partial charge in [0.05, 0.1) is 6.04 Å². The molecule has 1 aromatic rings. The van der Waals surface area contributed by atoms with Crippen molar-refractivity contribution in [1.82, 2.24) is 9.80 Å². The van der Waals surface area contributed by atoms with E-state index >= 15 is 0 Å². The van der Waals surface area contributed by atoms with E-state index in [4.69, 9.17) is 4.74 Å². The van der Waals surface area contributed by atoms with Crippen molar-refractivity contribution in [3.8, 4) is 0 Å². The van der Waals surface area contributed by atoms with E-state index in [1.807, 2.05) is 0 Å². The van der Waals surface area contributed by atoms with Crippen LogP contribution < -0.4 is 0 Å². The summed E-state index contributed by atoms with van der Waals surface area (Å²) in [5.41, 5.74) is 3.00. The Morgan fingerprint density at radius 3 is 2.35 bits per heavy atom. The highest BCUT2D eigenvalue weighted by atomic mass is 16.6. The minimum atomic E-state index is -0.0544. The molecule has 0 bridgehead atoms. The lowest BCUT2D eigenvalue weighted by Gasteiger charge is -2.29. The standard InChI is InChI=1S/C19H24N2O2/c22-19-21(15-7-3-4-8-15)17-11-20(12-18(17)23-19)16-9-13-5-1-2-6-14(13)10-16/h1-2,5-6,15-18H,3-4,7-12H2/t17-,18+/m1/s1. The molecule has 0 N–H and O–H groups in total. The first-order chi connectivity index (χ1) is 11.3. The Morgan fingerprint density at radius 1 is 0.957 bits per heavy atom. The van der Waals surface area contributed by atoms with Crippen molar-refractivity contribution < 1.29 is 9.53 Å². The molecule has 2 aliphatic heterocycles. The molecule has 0 unspecified atom stereocenters. The van der Waals surface area contributed by atoms with Crippen molar-refractivity contribution in [3.63, 3.8) is 0 Å². The first kappa shape index (κ1) is 13.8. The topological polar surface area (TPSA) is 32.8 Å². The second kappa shape index (κ2) is 5.23.